The molecule has 1 saturated heterocycles. The first kappa shape index (κ1) is 14.9. The smallest absolute Gasteiger partial charge is 0.0500 e. The van der Waals surface area contributed by atoms with E-state index in [4.69, 9.17) is 4.74 Å². The second-order valence-electron chi connectivity index (χ2n) is 5.65. The minimum Gasteiger partial charge on any atom is -0.384 e. The number of hydrogen-bond acceptors (Lipinski definition) is 3. The molecule has 1 heterocycles. The molecule has 1 N–H and O–H groups in total. The monoisotopic (exact) mass is 242 g/mol. The van der Waals surface area contributed by atoms with Crippen LogP contribution in [-0.4, -0.2) is 50.8 Å². The zero-order chi connectivity index (χ0) is 12.7. The van der Waals surface area contributed by atoms with Crippen molar-refractivity contribution < 1.29 is 4.74 Å². The average Bonchev–Trinajstić information content (AvgIpc) is 2.28. The van der Waals surface area contributed by atoms with E-state index in [1.54, 1.807) is 7.11 Å². The Balaban J connectivity index is 2.26. The minimum atomic E-state index is 0.646. The number of likely N-dealkylation sites (tertiary alicyclic amines) is 1. The number of nitrogens with one attached hydrogen (secondary N) is 1. The van der Waals surface area contributed by atoms with Crippen molar-refractivity contribution in [2.45, 2.75) is 39.7 Å². The van der Waals surface area contributed by atoms with Crippen molar-refractivity contribution in [3.63, 3.8) is 0 Å². The lowest BCUT2D eigenvalue weighted by molar-refractivity contribution is 0.0958. The Hall–Kier alpha value is -0.120. The van der Waals surface area contributed by atoms with Gasteiger partial charge in [0.15, 0.2) is 0 Å². The fraction of sp³-hybridized carbons (Fsp3) is 1.00. The highest BCUT2D eigenvalue weighted by Crippen LogP contribution is 2.17. The molecule has 3 nitrogen and oxygen atoms in total. The van der Waals surface area contributed by atoms with Crippen LogP contribution in [0.5, 0.6) is 0 Å². The fourth-order valence-electron chi connectivity index (χ4n) is 2.81. The zero-order valence-electron chi connectivity index (χ0n) is 12.0. The van der Waals surface area contributed by atoms with Gasteiger partial charge in [-0.2, -0.15) is 0 Å². The molecule has 3 unspecified atom stereocenters. The number of ether oxygens (including phenoxy) is 1. The van der Waals surface area contributed by atoms with E-state index in [1.165, 1.54) is 32.5 Å². The average molecular weight is 242 g/mol. The highest BCUT2D eigenvalue weighted by Gasteiger charge is 2.25. The molecule has 1 aliphatic rings. The molecule has 0 spiro atoms. The summed E-state index contributed by atoms with van der Waals surface area (Å²) in [5.41, 5.74) is 0. The molecule has 1 rings (SSSR count). The van der Waals surface area contributed by atoms with Gasteiger partial charge in [0.1, 0.15) is 0 Å². The van der Waals surface area contributed by atoms with Gasteiger partial charge in [-0.3, -0.25) is 0 Å². The Morgan fingerprint density at radius 1 is 1.47 bits per heavy atom. The molecule has 0 aromatic carbocycles. The lowest BCUT2D eigenvalue weighted by Gasteiger charge is -2.38. The standard InChI is InChI=1S/C14H30N2O/c1-5-7-15-14-6-8-16(10-13(14)3)9-12(2)11-17-4/h12-15H,5-11H2,1-4H3. The molecule has 0 aliphatic carbocycles. The summed E-state index contributed by atoms with van der Waals surface area (Å²) in [7, 11) is 1.79. The van der Waals surface area contributed by atoms with Crippen molar-refractivity contribution in [2.75, 3.05) is 39.9 Å². The van der Waals surface area contributed by atoms with Crippen LogP contribution in [0.4, 0.5) is 0 Å². The SMILES string of the molecule is CCCNC1CCN(CC(C)COC)CC1C. The third-order valence-electron chi connectivity index (χ3n) is 3.67. The van der Waals surface area contributed by atoms with Crippen LogP contribution in [0.25, 0.3) is 0 Å². The van der Waals surface area contributed by atoms with Crippen molar-refractivity contribution in [1.82, 2.24) is 10.2 Å². The third kappa shape index (κ3) is 5.36. The molecule has 1 aliphatic heterocycles. The molecule has 102 valence electrons. The highest BCUT2D eigenvalue weighted by atomic mass is 16.5. The van der Waals surface area contributed by atoms with Gasteiger partial charge in [0.05, 0.1) is 0 Å². The summed E-state index contributed by atoms with van der Waals surface area (Å²) in [6.45, 7) is 12.6. The van der Waals surface area contributed by atoms with Crippen molar-refractivity contribution in [2.24, 2.45) is 11.8 Å². The summed E-state index contributed by atoms with van der Waals surface area (Å²) in [6, 6.07) is 0.726. The van der Waals surface area contributed by atoms with Crippen molar-refractivity contribution in [3.8, 4) is 0 Å². The summed E-state index contributed by atoms with van der Waals surface area (Å²) in [5, 5.41) is 3.67. The molecule has 0 aromatic heterocycles. The minimum absolute atomic E-state index is 0.646. The zero-order valence-corrected chi connectivity index (χ0v) is 12.0. The van der Waals surface area contributed by atoms with E-state index in [-0.39, 0.29) is 0 Å². The van der Waals surface area contributed by atoms with E-state index in [0.717, 1.165) is 25.1 Å². The normalized spacial score (nSPS) is 28.2. The van der Waals surface area contributed by atoms with Crippen molar-refractivity contribution in [3.05, 3.63) is 0 Å². The molecule has 0 aromatic rings. The Morgan fingerprint density at radius 2 is 2.24 bits per heavy atom. The van der Waals surface area contributed by atoms with Crippen LogP contribution in [-0.2, 0) is 4.74 Å². The summed E-state index contributed by atoms with van der Waals surface area (Å²) in [6.07, 6.45) is 2.53. The van der Waals surface area contributed by atoms with Crippen molar-refractivity contribution >= 4 is 0 Å². The number of piperidine rings is 1. The molecule has 17 heavy (non-hydrogen) atoms. The predicted octanol–water partition coefficient (Wildman–Crippen LogP) is 1.98. The fourth-order valence-corrected chi connectivity index (χ4v) is 2.81. The summed E-state index contributed by atoms with van der Waals surface area (Å²) < 4.78 is 5.21. The first-order valence-corrected chi connectivity index (χ1v) is 7.12. The third-order valence-corrected chi connectivity index (χ3v) is 3.67. The first-order chi connectivity index (χ1) is 8.17. The van der Waals surface area contributed by atoms with Crippen molar-refractivity contribution in [1.29, 1.82) is 0 Å². The molecule has 3 atom stereocenters. The van der Waals surface area contributed by atoms with Crippen LogP contribution in [0.1, 0.15) is 33.6 Å². The van der Waals surface area contributed by atoms with Crippen LogP contribution in [0.3, 0.4) is 0 Å². The summed E-state index contributed by atoms with van der Waals surface area (Å²) >= 11 is 0. The molecular formula is C14H30N2O. The van der Waals surface area contributed by atoms with E-state index < -0.39 is 0 Å². The van der Waals surface area contributed by atoms with Gasteiger partial charge in [0.25, 0.3) is 0 Å². The highest BCUT2D eigenvalue weighted by molar-refractivity contribution is 4.83. The maximum atomic E-state index is 5.21. The quantitative estimate of drug-likeness (QED) is 0.739. The van der Waals surface area contributed by atoms with Gasteiger partial charge >= 0.3 is 0 Å². The number of hydrogen-bond donors (Lipinski definition) is 1. The summed E-state index contributed by atoms with van der Waals surface area (Å²) in [5.74, 6) is 1.41. The Bertz CT molecular complexity index is 199. The maximum Gasteiger partial charge on any atom is 0.0500 e. The Kier molecular flexibility index (Phi) is 7.09. The van der Waals surface area contributed by atoms with Crippen LogP contribution in [0.2, 0.25) is 0 Å². The van der Waals surface area contributed by atoms with E-state index in [9.17, 15) is 0 Å². The van der Waals surface area contributed by atoms with Gasteiger partial charge in [0.2, 0.25) is 0 Å². The molecule has 0 amide bonds. The van der Waals surface area contributed by atoms with Crippen LogP contribution >= 0.6 is 0 Å². The Morgan fingerprint density at radius 3 is 2.82 bits per heavy atom. The molecular weight excluding hydrogens is 212 g/mol. The lowest BCUT2D eigenvalue weighted by atomic mass is 9.93. The molecule has 0 bridgehead atoms. The molecule has 0 radical (unpaired) electrons. The van der Waals surface area contributed by atoms with E-state index in [2.05, 4.69) is 31.0 Å². The van der Waals surface area contributed by atoms with E-state index >= 15 is 0 Å². The van der Waals surface area contributed by atoms with Crippen LogP contribution in [0, 0.1) is 11.8 Å². The summed E-state index contributed by atoms with van der Waals surface area (Å²) in [4.78, 5) is 2.60. The van der Waals surface area contributed by atoms with Gasteiger partial charge in [-0.15, -0.1) is 0 Å². The first-order valence-electron chi connectivity index (χ1n) is 7.12. The van der Waals surface area contributed by atoms with E-state index in [0.29, 0.717) is 5.92 Å². The van der Waals surface area contributed by atoms with E-state index in [1.807, 2.05) is 0 Å². The second-order valence-corrected chi connectivity index (χ2v) is 5.65. The predicted molar refractivity (Wildman–Crippen MR) is 73.3 cm³/mol. The molecule has 0 saturated carbocycles. The van der Waals surface area contributed by atoms with Gasteiger partial charge in [-0.25, -0.2) is 0 Å². The van der Waals surface area contributed by atoms with Crippen LogP contribution in [0.15, 0.2) is 0 Å². The molecule has 3 heteroatoms. The lowest BCUT2D eigenvalue weighted by Crippen LogP contribution is -2.49. The largest absolute Gasteiger partial charge is 0.384 e. The van der Waals surface area contributed by atoms with Gasteiger partial charge in [-0.1, -0.05) is 20.8 Å². The second kappa shape index (κ2) is 8.06. The Labute approximate surface area is 107 Å². The maximum absolute atomic E-state index is 5.21. The topological polar surface area (TPSA) is 24.5 Å². The number of nitrogens with zero attached hydrogens (tertiary/aromatic N) is 1. The number of methoxy groups -OCH3 is 1. The van der Waals surface area contributed by atoms with Crippen LogP contribution < -0.4 is 5.32 Å². The molecule has 1 fully saturated rings. The number of rotatable bonds is 7. The van der Waals surface area contributed by atoms with Gasteiger partial charge in [0, 0.05) is 32.8 Å². The van der Waals surface area contributed by atoms with Gasteiger partial charge < -0.3 is 15.0 Å². The van der Waals surface area contributed by atoms with Gasteiger partial charge in [-0.05, 0) is 37.8 Å².